The quantitative estimate of drug-likeness (QED) is 0.758. The molecule has 2 atom stereocenters. The second-order valence-electron chi connectivity index (χ2n) is 7.52. The minimum absolute atomic E-state index is 0.0754. The van der Waals surface area contributed by atoms with Crippen molar-refractivity contribution in [1.29, 1.82) is 0 Å². The maximum absolute atomic E-state index is 13.8. The lowest BCUT2D eigenvalue weighted by molar-refractivity contribution is -0.157. The first-order valence-corrected chi connectivity index (χ1v) is 9.32. The highest BCUT2D eigenvalue weighted by Gasteiger charge is 2.38. The zero-order chi connectivity index (χ0) is 21.1. The number of hydrogen-bond donors (Lipinski definition) is 1. The summed E-state index contributed by atoms with van der Waals surface area (Å²) in [6, 6.07) is 2.97. The topological polar surface area (TPSA) is 84.9 Å². The van der Waals surface area contributed by atoms with E-state index in [0.29, 0.717) is 19.4 Å². The van der Waals surface area contributed by atoms with Gasteiger partial charge in [-0.05, 0) is 58.7 Å². The van der Waals surface area contributed by atoms with Gasteiger partial charge in [-0.25, -0.2) is 14.0 Å². The van der Waals surface area contributed by atoms with E-state index in [0.717, 1.165) is 6.07 Å². The summed E-state index contributed by atoms with van der Waals surface area (Å²) in [6.07, 6.45) is -0.746. The van der Waals surface area contributed by atoms with E-state index in [1.54, 1.807) is 20.8 Å². The first-order chi connectivity index (χ1) is 13.0. The van der Waals surface area contributed by atoms with E-state index < -0.39 is 41.5 Å². The molecule has 0 aromatic heterocycles. The monoisotopic (exact) mass is 414 g/mol. The summed E-state index contributed by atoms with van der Waals surface area (Å²) in [5.74, 6) is -2.11. The third-order valence-electron chi connectivity index (χ3n) is 4.00. The number of rotatable bonds is 4. The van der Waals surface area contributed by atoms with Crippen molar-refractivity contribution in [2.75, 3.05) is 11.9 Å². The van der Waals surface area contributed by atoms with Crippen LogP contribution in [0.15, 0.2) is 18.2 Å². The van der Waals surface area contributed by atoms with Gasteiger partial charge >= 0.3 is 12.1 Å². The molecule has 0 radical (unpaired) electrons. The average Bonchev–Trinajstić information content (AvgIpc) is 3.05. The van der Waals surface area contributed by atoms with E-state index in [1.165, 1.54) is 24.0 Å². The molecule has 1 aromatic rings. The molecule has 0 aliphatic carbocycles. The van der Waals surface area contributed by atoms with E-state index in [9.17, 15) is 18.8 Å². The number of halogens is 2. The van der Waals surface area contributed by atoms with Crippen LogP contribution in [0.1, 0.15) is 40.5 Å². The molecular weight excluding hydrogens is 391 g/mol. The van der Waals surface area contributed by atoms with Crippen LogP contribution in [0.5, 0.6) is 0 Å². The van der Waals surface area contributed by atoms with Gasteiger partial charge in [0.25, 0.3) is 5.91 Å². The van der Waals surface area contributed by atoms with Crippen molar-refractivity contribution in [2.45, 2.75) is 58.3 Å². The number of ether oxygens (including phenoxy) is 2. The number of hydrogen-bond acceptors (Lipinski definition) is 5. The summed E-state index contributed by atoms with van der Waals surface area (Å²) in [7, 11) is 0. The number of benzene rings is 1. The summed E-state index contributed by atoms with van der Waals surface area (Å²) in [4.78, 5) is 38.2. The lowest BCUT2D eigenvalue weighted by Gasteiger charge is -2.28. The van der Waals surface area contributed by atoms with Crippen LogP contribution in [0.3, 0.4) is 0 Å². The Morgan fingerprint density at radius 2 is 2.00 bits per heavy atom. The number of carbonyl (C=O) groups is 3. The molecule has 0 saturated carbocycles. The van der Waals surface area contributed by atoms with Gasteiger partial charge in [0.1, 0.15) is 17.5 Å². The van der Waals surface area contributed by atoms with Gasteiger partial charge in [0, 0.05) is 11.6 Å². The molecule has 9 heteroatoms. The first kappa shape index (κ1) is 21.9. The van der Waals surface area contributed by atoms with Gasteiger partial charge in [0.15, 0.2) is 6.10 Å². The van der Waals surface area contributed by atoms with E-state index in [2.05, 4.69) is 5.32 Å². The maximum Gasteiger partial charge on any atom is 0.411 e. The molecule has 2 amide bonds. The van der Waals surface area contributed by atoms with Crippen molar-refractivity contribution in [3.05, 3.63) is 29.0 Å². The molecule has 28 heavy (non-hydrogen) atoms. The van der Waals surface area contributed by atoms with Gasteiger partial charge in [-0.1, -0.05) is 11.6 Å². The molecule has 154 valence electrons. The molecule has 1 saturated heterocycles. The highest BCUT2D eigenvalue weighted by Crippen LogP contribution is 2.23. The molecule has 7 nitrogen and oxygen atoms in total. The Balaban J connectivity index is 1.96. The second kappa shape index (κ2) is 8.77. The standard InChI is InChI=1S/C19H24ClFN2O5/c1-11(16(24)22-14-8-7-12(20)10-13(14)21)27-17(25)15-6-5-9-23(15)18(26)28-19(2,3)4/h7-8,10-11,15H,5-6,9H2,1-4H3,(H,22,24)/t11-,15-/m0/s1. The van der Waals surface area contributed by atoms with Crippen molar-refractivity contribution in [2.24, 2.45) is 0 Å². The van der Waals surface area contributed by atoms with Crippen LogP contribution in [0.4, 0.5) is 14.9 Å². The van der Waals surface area contributed by atoms with Crippen molar-refractivity contribution in [3.8, 4) is 0 Å². The third-order valence-corrected chi connectivity index (χ3v) is 4.24. The van der Waals surface area contributed by atoms with Crippen LogP contribution >= 0.6 is 11.6 Å². The van der Waals surface area contributed by atoms with Crippen molar-refractivity contribution in [3.63, 3.8) is 0 Å². The molecule has 1 aliphatic heterocycles. The van der Waals surface area contributed by atoms with Crippen molar-refractivity contribution in [1.82, 2.24) is 4.90 Å². The zero-order valence-corrected chi connectivity index (χ0v) is 17.0. The van der Waals surface area contributed by atoms with Crippen LogP contribution in [-0.4, -0.2) is 47.2 Å². The summed E-state index contributed by atoms with van der Waals surface area (Å²) < 4.78 is 24.3. The Labute approximate surface area is 168 Å². The fourth-order valence-electron chi connectivity index (χ4n) is 2.68. The number of anilines is 1. The molecule has 0 spiro atoms. The minimum Gasteiger partial charge on any atom is -0.451 e. The van der Waals surface area contributed by atoms with E-state index in [-0.39, 0.29) is 10.7 Å². The van der Waals surface area contributed by atoms with Gasteiger partial charge in [0.05, 0.1) is 5.69 Å². The predicted octanol–water partition coefficient (Wildman–Crippen LogP) is 3.75. The second-order valence-corrected chi connectivity index (χ2v) is 7.96. The fraction of sp³-hybridized carbons (Fsp3) is 0.526. The number of carbonyl (C=O) groups excluding carboxylic acids is 3. The summed E-state index contributed by atoms with van der Waals surface area (Å²) in [5.41, 5.74) is -0.766. The van der Waals surface area contributed by atoms with Crippen molar-refractivity contribution < 1.29 is 28.2 Å². The van der Waals surface area contributed by atoms with E-state index >= 15 is 0 Å². The number of amides is 2. The number of nitrogens with one attached hydrogen (secondary N) is 1. The predicted molar refractivity (Wildman–Crippen MR) is 102 cm³/mol. The molecular formula is C19H24ClFN2O5. The minimum atomic E-state index is -1.18. The summed E-state index contributed by atoms with van der Waals surface area (Å²) in [6.45, 7) is 6.93. The van der Waals surface area contributed by atoms with Gasteiger partial charge in [0.2, 0.25) is 0 Å². The number of nitrogens with zero attached hydrogens (tertiary/aromatic N) is 1. The first-order valence-electron chi connectivity index (χ1n) is 8.94. The normalized spacial score (nSPS) is 17.8. The lowest BCUT2D eigenvalue weighted by atomic mass is 10.2. The van der Waals surface area contributed by atoms with Crippen molar-refractivity contribution >= 4 is 35.3 Å². The maximum atomic E-state index is 13.8. The zero-order valence-electron chi connectivity index (χ0n) is 16.3. The molecule has 1 heterocycles. The van der Waals surface area contributed by atoms with Gasteiger partial charge < -0.3 is 14.8 Å². The SMILES string of the molecule is C[C@H](OC(=O)[C@@H]1CCCN1C(=O)OC(C)(C)C)C(=O)Nc1ccc(Cl)cc1F. The highest BCUT2D eigenvalue weighted by molar-refractivity contribution is 6.30. The Bertz CT molecular complexity index is 765. The number of likely N-dealkylation sites (tertiary alicyclic amines) is 1. The fourth-order valence-corrected chi connectivity index (χ4v) is 2.84. The van der Waals surface area contributed by atoms with Gasteiger partial charge in [-0.3, -0.25) is 9.69 Å². The lowest BCUT2D eigenvalue weighted by Crippen LogP contribution is -2.45. The van der Waals surface area contributed by atoms with Crippen LogP contribution in [-0.2, 0) is 19.1 Å². The van der Waals surface area contributed by atoms with Gasteiger partial charge in [-0.15, -0.1) is 0 Å². The molecule has 0 unspecified atom stereocenters. The van der Waals surface area contributed by atoms with Crippen LogP contribution in [0, 0.1) is 5.82 Å². The van der Waals surface area contributed by atoms with Crippen LogP contribution < -0.4 is 5.32 Å². The van der Waals surface area contributed by atoms with E-state index in [1.807, 2.05) is 0 Å². The Kier molecular flexibility index (Phi) is 6.87. The molecule has 1 aromatic carbocycles. The number of esters is 1. The largest absolute Gasteiger partial charge is 0.451 e. The highest BCUT2D eigenvalue weighted by atomic mass is 35.5. The average molecular weight is 415 g/mol. The molecule has 0 bridgehead atoms. The Morgan fingerprint density at radius 3 is 2.61 bits per heavy atom. The Hall–Kier alpha value is -2.35. The molecule has 1 N–H and O–H groups in total. The van der Waals surface area contributed by atoms with Crippen LogP contribution in [0.25, 0.3) is 0 Å². The van der Waals surface area contributed by atoms with Crippen LogP contribution in [0.2, 0.25) is 5.02 Å². The smallest absolute Gasteiger partial charge is 0.411 e. The third kappa shape index (κ3) is 5.82. The molecule has 2 rings (SSSR count). The summed E-state index contributed by atoms with van der Waals surface area (Å²) >= 11 is 5.67. The van der Waals surface area contributed by atoms with E-state index in [4.69, 9.17) is 21.1 Å². The Morgan fingerprint density at radius 1 is 1.32 bits per heavy atom. The van der Waals surface area contributed by atoms with Gasteiger partial charge in [-0.2, -0.15) is 0 Å². The molecule has 1 aliphatic rings. The summed E-state index contributed by atoms with van der Waals surface area (Å²) in [5, 5.41) is 2.54. The molecule has 1 fully saturated rings.